The van der Waals surface area contributed by atoms with Gasteiger partial charge in [0.1, 0.15) is 6.54 Å². The number of hydrogen-bond donors (Lipinski definition) is 1. The zero-order valence-electron chi connectivity index (χ0n) is 17.2. The van der Waals surface area contributed by atoms with Gasteiger partial charge in [0.05, 0.1) is 4.90 Å². The lowest BCUT2D eigenvalue weighted by atomic mass is 10.0. The minimum Gasteiger partial charge on any atom is -0.352 e. The highest BCUT2D eigenvalue weighted by molar-refractivity contribution is 7.89. The van der Waals surface area contributed by atoms with Gasteiger partial charge in [0.2, 0.25) is 15.9 Å². The van der Waals surface area contributed by atoms with Gasteiger partial charge in [0.25, 0.3) is 5.56 Å². The predicted octanol–water partition coefficient (Wildman–Crippen LogP) is 0.868. The van der Waals surface area contributed by atoms with Gasteiger partial charge in [0, 0.05) is 50.5 Å². The lowest BCUT2D eigenvalue weighted by Gasteiger charge is -2.34. The van der Waals surface area contributed by atoms with E-state index in [0.29, 0.717) is 19.1 Å². The number of sulfonamides is 1. The van der Waals surface area contributed by atoms with E-state index in [1.165, 1.54) is 22.6 Å². The Hall–Kier alpha value is -1.71. The smallest absolute Gasteiger partial charge is 0.251 e. The molecule has 8 nitrogen and oxygen atoms in total. The van der Waals surface area contributed by atoms with Gasteiger partial charge in [-0.15, -0.1) is 0 Å². The number of nitrogens with one attached hydrogen (secondary N) is 1. The van der Waals surface area contributed by atoms with Gasteiger partial charge in [-0.05, 0) is 32.8 Å². The van der Waals surface area contributed by atoms with Crippen LogP contribution < -0.4 is 10.9 Å². The number of aromatic nitrogens is 1. The molecule has 1 N–H and O–H groups in total. The van der Waals surface area contributed by atoms with Crippen molar-refractivity contribution in [1.82, 2.24) is 19.1 Å². The van der Waals surface area contributed by atoms with Gasteiger partial charge in [-0.2, -0.15) is 4.31 Å². The Kier molecular flexibility index (Phi) is 7.79. The van der Waals surface area contributed by atoms with Crippen molar-refractivity contribution in [1.29, 1.82) is 0 Å². The first-order chi connectivity index (χ1) is 13.2. The van der Waals surface area contributed by atoms with Crippen LogP contribution in [0.15, 0.2) is 28.0 Å². The van der Waals surface area contributed by atoms with E-state index in [1.807, 2.05) is 0 Å². The summed E-state index contributed by atoms with van der Waals surface area (Å²) in [5.41, 5.74) is -0.400. The van der Waals surface area contributed by atoms with Crippen LogP contribution in [0.4, 0.5) is 0 Å². The Morgan fingerprint density at radius 3 is 2.36 bits per heavy atom. The Morgan fingerprint density at radius 2 is 1.82 bits per heavy atom. The molecule has 0 atom stereocenters. The number of carbonyl (C=O) groups excluding carboxylic acids is 1. The van der Waals surface area contributed by atoms with Crippen LogP contribution >= 0.6 is 0 Å². The van der Waals surface area contributed by atoms with Gasteiger partial charge >= 0.3 is 0 Å². The molecular weight excluding hydrogens is 380 g/mol. The van der Waals surface area contributed by atoms with Crippen LogP contribution in [0.25, 0.3) is 0 Å². The Balaban J connectivity index is 2.06. The number of rotatable bonds is 8. The Morgan fingerprint density at radius 1 is 1.21 bits per heavy atom. The van der Waals surface area contributed by atoms with Crippen molar-refractivity contribution >= 4 is 15.9 Å². The molecular formula is C19H32N4O4S. The van der Waals surface area contributed by atoms with Crippen molar-refractivity contribution in [3.05, 3.63) is 28.7 Å². The van der Waals surface area contributed by atoms with Gasteiger partial charge in [-0.1, -0.05) is 13.8 Å². The molecule has 1 aromatic rings. The molecule has 1 saturated heterocycles. The molecule has 2 heterocycles. The number of carbonyl (C=O) groups is 1. The van der Waals surface area contributed by atoms with Crippen molar-refractivity contribution in [2.45, 2.75) is 64.1 Å². The quantitative estimate of drug-likeness (QED) is 0.684. The number of likely N-dealkylation sites (tertiary alicyclic amines) is 1. The third-order valence-electron chi connectivity index (χ3n) is 5.24. The molecule has 0 aliphatic carbocycles. The maximum Gasteiger partial charge on any atom is 0.251 e. The first-order valence-corrected chi connectivity index (χ1v) is 11.4. The van der Waals surface area contributed by atoms with Crippen LogP contribution in [0, 0.1) is 0 Å². The second-order valence-corrected chi connectivity index (χ2v) is 9.33. The molecule has 1 aromatic heterocycles. The molecule has 1 aliphatic heterocycles. The molecule has 1 fully saturated rings. The monoisotopic (exact) mass is 412 g/mol. The van der Waals surface area contributed by atoms with E-state index in [0.717, 1.165) is 30.5 Å². The highest BCUT2D eigenvalue weighted by Crippen LogP contribution is 2.14. The lowest BCUT2D eigenvalue weighted by Crippen LogP contribution is -2.47. The standard InChI is InChI=1S/C19H32N4O4S/c1-5-23(6-2)28(26,27)17-7-8-19(25)22(13-17)14-18(24)20-16-9-11-21(12-10-16)15(3)4/h7-8,13,15-16H,5-6,9-12,14H2,1-4H3,(H,20,24). The molecule has 28 heavy (non-hydrogen) atoms. The van der Waals surface area contributed by atoms with Gasteiger partial charge in [-0.25, -0.2) is 8.42 Å². The van der Waals surface area contributed by atoms with E-state index in [1.54, 1.807) is 13.8 Å². The van der Waals surface area contributed by atoms with E-state index in [-0.39, 0.29) is 23.4 Å². The number of amides is 1. The van der Waals surface area contributed by atoms with Crippen molar-refractivity contribution in [3.63, 3.8) is 0 Å². The summed E-state index contributed by atoms with van der Waals surface area (Å²) in [5.74, 6) is -0.275. The maximum atomic E-state index is 12.7. The van der Waals surface area contributed by atoms with Crippen molar-refractivity contribution in [3.8, 4) is 0 Å². The fraction of sp³-hybridized carbons (Fsp3) is 0.684. The van der Waals surface area contributed by atoms with Gasteiger partial charge in [-0.3, -0.25) is 9.59 Å². The topological polar surface area (TPSA) is 91.7 Å². The summed E-state index contributed by atoms with van der Waals surface area (Å²) in [5, 5.41) is 2.97. The van der Waals surface area contributed by atoms with Crippen LogP contribution in [0.1, 0.15) is 40.5 Å². The van der Waals surface area contributed by atoms with Crippen LogP contribution in [0.3, 0.4) is 0 Å². The number of nitrogens with zero attached hydrogens (tertiary/aromatic N) is 3. The molecule has 1 aliphatic rings. The van der Waals surface area contributed by atoms with Crippen molar-refractivity contribution in [2.24, 2.45) is 0 Å². The van der Waals surface area contributed by atoms with Crippen molar-refractivity contribution < 1.29 is 13.2 Å². The highest BCUT2D eigenvalue weighted by Gasteiger charge is 2.24. The molecule has 158 valence electrons. The second kappa shape index (κ2) is 9.67. The molecule has 1 amide bonds. The van der Waals surface area contributed by atoms with Gasteiger partial charge < -0.3 is 14.8 Å². The van der Waals surface area contributed by atoms with E-state index in [9.17, 15) is 18.0 Å². The number of hydrogen-bond acceptors (Lipinski definition) is 5. The summed E-state index contributed by atoms with van der Waals surface area (Å²) in [6.45, 7) is 10.2. The molecule has 2 rings (SSSR count). The summed E-state index contributed by atoms with van der Waals surface area (Å²) >= 11 is 0. The largest absolute Gasteiger partial charge is 0.352 e. The van der Waals surface area contributed by atoms with Crippen LogP contribution in [0.5, 0.6) is 0 Å². The fourth-order valence-electron chi connectivity index (χ4n) is 3.49. The lowest BCUT2D eigenvalue weighted by molar-refractivity contribution is -0.122. The third-order valence-corrected chi connectivity index (χ3v) is 7.27. The number of piperidine rings is 1. The number of pyridine rings is 1. The molecule has 0 aromatic carbocycles. The molecule has 0 unspecified atom stereocenters. The average Bonchev–Trinajstić information content (AvgIpc) is 2.64. The molecule has 0 spiro atoms. The summed E-state index contributed by atoms with van der Waals surface area (Å²) < 4.78 is 27.8. The third kappa shape index (κ3) is 5.42. The second-order valence-electron chi connectivity index (χ2n) is 7.39. The van der Waals surface area contributed by atoms with E-state index in [2.05, 4.69) is 24.1 Å². The Bertz CT molecular complexity index is 823. The fourth-order valence-corrected chi connectivity index (χ4v) is 4.96. The van der Waals surface area contributed by atoms with Crippen LogP contribution in [0.2, 0.25) is 0 Å². The average molecular weight is 413 g/mol. The summed E-state index contributed by atoms with van der Waals surface area (Å²) in [4.78, 5) is 26.9. The van der Waals surface area contributed by atoms with Gasteiger partial charge in [0.15, 0.2) is 0 Å². The zero-order chi connectivity index (χ0) is 20.9. The Labute approximate surface area is 167 Å². The molecule has 9 heteroatoms. The minimum absolute atomic E-state index is 0.0221. The van der Waals surface area contributed by atoms with E-state index >= 15 is 0 Å². The normalized spacial score (nSPS) is 16.6. The van der Waals surface area contributed by atoms with E-state index < -0.39 is 15.6 Å². The zero-order valence-corrected chi connectivity index (χ0v) is 18.0. The first kappa shape index (κ1) is 22.6. The summed E-state index contributed by atoms with van der Waals surface area (Å²) in [7, 11) is -3.68. The predicted molar refractivity (Wildman–Crippen MR) is 109 cm³/mol. The summed E-state index contributed by atoms with van der Waals surface area (Å²) in [6, 6.07) is 3.07. The molecule has 0 saturated carbocycles. The van der Waals surface area contributed by atoms with Crippen molar-refractivity contribution in [2.75, 3.05) is 26.2 Å². The first-order valence-electron chi connectivity index (χ1n) is 9.93. The molecule has 0 radical (unpaired) electrons. The van der Waals surface area contributed by atoms with E-state index in [4.69, 9.17) is 0 Å². The summed E-state index contributed by atoms with van der Waals surface area (Å²) in [6.07, 6.45) is 3.00. The SMILES string of the molecule is CCN(CC)S(=O)(=O)c1ccc(=O)n(CC(=O)NC2CCN(C(C)C)CC2)c1. The molecule has 0 bridgehead atoms. The highest BCUT2D eigenvalue weighted by atomic mass is 32.2. The van der Waals surface area contributed by atoms with Crippen LogP contribution in [-0.4, -0.2) is 66.4 Å². The van der Waals surface area contributed by atoms with Crippen LogP contribution in [-0.2, 0) is 21.4 Å². The maximum absolute atomic E-state index is 12.7. The minimum atomic E-state index is -3.68.